The van der Waals surface area contributed by atoms with Crippen molar-refractivity contribution in [2.45, 2.75) is 19.6 Å². The van der Waals surface area contributed by atoms with E-state index < -0.39 is 23.4 Å². The average Bonchev–Trinajstić information content (AvgIpc) is 2.94. The van der Waals surface area contributed by atoms with E-state index in [1.807, 2.05) is 19.1 Å². The molecule has 0 unspecified atom stereocenters. The van der Waals surface area contributed by atoms with Crippen LogP contribution in [0.2, 0.25) is 0 Å². The van der Waals surface area contributed by atoms with Crippen molar-refractivity contribution in [3.63, 3.8) is 0 Å². The molecule has 2 aromatic carbocycles. The number of carbonyl (C=O) groups is 2. The summed E-state index contributed by atoms with van der Waals surface area (Å²) < 4.78 is 39.8. The van der Waals surface area contributed by atoms with E-state index in [4.69, 9.17) is 0 Å². The first-order chi connectivity index (χ1) is 12.3. The smallest absolute Gasteiger partial charge is 0.337 e. The molecule has 0 aliphatic heterocycles. The van der Waals surface area contributed by atoms with Gasteiger partial charge in [-0.05, 0) is 24.6 Å². The van der Waals surface area contributed by atoms with Crippen LogP contribution >= 0.6 is 0 Å². The fourth-order valence-corrected chi connectivity index (χ4v) is 2.77. The first-order valence-electron chi connectivity index (χ1n) is 7.82. The Morgan fingerprint density at radius 1 is 1.04 bits per heavy atom. The highest BCUT2D eigenvalue weighted by Gasteiger charge is 2.40. The fourth-order valence-electron chi connectivity index (χ4n) is 2.77. The molecule has 0 spiro atoms. The predicted octanol–water partition coefficient (Wildman–Crippen LogP) is 4.33. The maximum absolute atomic E-state index is 12.8. The molecule has 0 bridgehead atoms. The van der Waals surface area contributed by atoms with Crippen LogP contribution in [0.25, 0.3) is 10.9 Å². The Kier molecular flexibility index (Phi) is 4.54. The topological polar surface area (TPSA) is 51.1 Å². The van der Waals surface area contributed by atoms with Crippen LogP contribution in [0.5, 0.6) is 0 Å². The molecule has 3 aromatic rings. The quantitative estimate of drug-likeness (QED) is 0.704. The molecule has 3 rings (SSSR count). The number of para-hydroxylation sites is 2. The van der Waals surface area contributed by atoms with E-state index in [0.29, 0.717) is 11.2 Å². The number of hydrogen-bond donors (Lipinski definition) is 1. The third-order valence-corrected chi connectivity index (χ3v) is 4.02. The number of amides is 1. The van der Waals surface area contributed by atoms with Crippen LogP contribution in [0.4, 0.5) is 18.9 Å². The van der Waals surface area contributed by atoms with Crippen LogP contribution in [0.15, 0.2) is 54.7 Å². The second-order valence-corrected chi connectivity index (χ2v) is 5.88. The Bertz CT molecular complexity index is 990. The Labute approximate surface area is 147 Å². The summed E-state index contributed by atoms with van der Waals surface area (Å²) in [6.07, 6.45) is -3.89. The minimum atomic E-state index is -4.97. The van der Waals surface area contributed by atoms with Gasteiger partial charge in [-0.25, -0.2) is 0 Å². The highest BCUT2D eigenvalue weighted by Crippen LogP contribution is 2.28. The molecule has 7 heteroatoms. The number of aryl methyl sites for hydroxylation is 1. The summed E-state index contributed by atoms with van der Waals surface area (Å²) in [6, 6.07) is 13.4. The molecule has 1 heterocycles. The minimum absolute atomic E-state index is 0.165. The number of nitrogens with zero attached hydrogens (tertiary/aromatic N) is 1. The number of carbonyl (C=O) groups excluding carboxylic acids is 2. The van der Waals surface area contributed by atoms with Crippen molar-refractivity contribution in [2.24, 2.45) is 0 Å². The number of benzene rings is 2. The van der Waals surface area contributed by atoms with Gasteiger partial charge in [0.2, 0.25) is 5.91 Å². The van der Waals surface area contributed by atoms with Gasteiger partial charge < -0.3 is 9.88 Å². The van der Waals surface area contributed by atoms with Crippen molar-refractivity contribution in [2.75, 3.05) is 5.32 Å². The van der Waals surface area contributed by atoms with Crippen LogP contribution in [0.1, 0.15) is 15.9 Å². The number of halogens is 3. The lowest BCUT2D eigenvalue weighted by Crippen LogP contribution is -2.22. The number of hydrogen-bond acceptors (Lipinski definition) is 2. The molecular formula is C19H15F3N2O2. The van der Waals surface area contributed by atoms with E-state index in [1.54, 1.807) is 30.3 Å². The first-order valence-corrected chi connectivity index (χ1v) is 7.82. The van der Waals surface area contributed by atoms with E-state index >= 15 is 0 Å². The van der Waals surface area contributed by atoms with Gasteiger partial charge in [0.1, 0.15) is 6.54 Å². The van der Waals surface area contributed by atoms with Gasteiger partial charge in [0.25, 0.3) is 5.78 Å². The number of aromatic nitrogens is 1. The van der Waals surface area contributed by atoms with E-state index in [2.05, 4.69) is 5.32 Å². The second-order valence-electron chi connectivity index (χ2n) is 5.88. The maximum Gasteiger partial charge on any atom is 0.454 e. The van der Waals surface area contributed by atoms with Crippen molar-refractivity contribution in [3.05, 3.63) is 65.9 Å². The molecule has 0 radical (unpaired) electrons. The van der Waals surface area contributed by atoms with Crippen molar-refractivity contribution < 1.29 is 22.8 Å². The molecule has 0 saturated carbocycles. The van der Waals surface area contributed by atoms with Gasteiger partial charge >= 0.3 is 6.18 Å². The van der Waals surface area contributed by atoms with E-state index in [9.17, 15) is 22.8 Å². The molecule has 0 saturated heterocycles. The van der Waals surface area contributed by atoms with Gasteiger partial charge in [-0.1, -0.05) is 36.4 Å². The lowest BCUT2D eigenvalue weighted by molar-refractivity contribution is -0.116. The molecule has 4 nitrogen and oxygen atoms in total. The molecule has 26 heavy (non-hydrogen) atoms. The third kappa shape index (κ3) is 3.46. The predicted molar refractivity (Wildman–Crippen MR) is 92.1 cm³/mol. The monoisotopic (exact) mass is 360 g/mol. The molecule has 0 fully saturated rings. The Hall–Kier alpha value is -3.09. The van der Waals surface area contributed by atoms with Crippen molar-refractivity contribution >= 4 is 28.3 Å². The highest BCUT2D eigenvalue weighted by molar-refractivity contribution is 6.11. The standard InChI is InChI=1S/C19H15F3N2O2/c1-12-6-2-4-8-15(12)23-17(25)11-24-10-14(18(26)19(20,21)22)13-7-3-5-9-16(13)24/h2-10H,11H2,1H3,(H,23,25). The summed E-state index contributed by atoms with van der Waals surface area (Å²) in [5.74, 6) is -2.32. The molecule has 1 amide bonds. The van der Waals surface area contributed by atoms with Gasteiger partial charge in [-0.15, -0.1) is 0 Å². The number of nitrogens with one attached hydrogen (secondary N) is 1. The van der Waals surface area contributed by atoms with Gasteiger partial charge in [0, 0.05) is 22.8 Å². The van der Waals surface area contributed by atoms with E-state index in [-0.39, 0.29) is 11.9 Å². The van der Waals surface area contributed by atoms with Crippen molar-refractivity contribution in [3.8, 4) is 0 Å². The number of ketones is 1. The maximum atomic E-state index is 12.8. The average molecular weight is 360 g/mol. The summed E-state index contributed by atoms with van der Waals surface area (Å²) in [4.78, 5) is 24.0. The van der Waals surface area contributed by atoms with Gasteiger partial charge in [-0.2, -0.15) is 13.2 Å². The number of Topliss-reactive ketones (excluding diaryl/α,β-unsaturated/α-hetero) is 1. The Balaban J connectivity index is 1.92. The SMILES string of the molecule is Cc1ccccc1NC(=O)Cn1cc(C(=O)C(F)(F)F)c2ccccc21. The zero-order valence-electron chi connectivity index (χ0n) is 13.8. The Morgan fingerprint density at radius 3 is 2.38 bits per heavy atom. The fraction of sp³-hybridized carbons (Fsp3) is 0.158. The molecular weight excluding hydrogens is 345 g/mol. The largest absolute Gasteiger partial charge is 0.454 e. The number of fused-ring (bicyclic) bond motifs is 1. The summed E-state index contributed by atoms with van der Waals surface area (Å²) in [5.41, 5.74) is 1.42. The molecule has 0 atom stereocenters. The first kappa shape index (κ1) is 17.7. The zero-order valence-corrected chi connectivity index (χ0v) is 13.8. The van der Waals surface area contributed by atoms with Crippen LogP contribution in [0, 0.1) is 6.92 Å². The second kappa shape index (κ2) is 6.67. The third-order valence-electron chi connectivity index (χ3n) is 4.02. The van der Waals surface area contributed by atoms with Crippen molar-refractivity contribution in [1.82, 2.24) is 4.57 Å². The normalized spacial score (nSPS) is 11.5. The zero-order chi connectivity index (χ0) is 18.9. The van der Waals surface area contributed by atoms with Gasteiger partial charge in [0.15, 0.2) is 0 Å². The number of alkyl halides is 3. The lowest BCUT2D eigenvalue weighted by atomic mass is 10.1. The molecule has 0 aliphatic rings. The summed E-state index contributed by atoms with van der Waals surface area (Å²) >= 11 is 0. The number of rotatable bonds is 4. The summed E-state index contributed by atoms with van der Waals surface area (Å²) in [6.45, 7) is 1.63. The van der Waals surface area contributed by atoms with Crippen LogP contribution in [-0.4, -0.2) is 22.4 Å². The molecule has 1 N–H and O–H groups in total. The van der Waals surface area contributed by atoms with E-state index in [1.165, 1.54) is 10.6 Å². The van der Waals surface area contributed by atoms with Crippen molar-refractivity contribution in [1.29, 1.82) is 0 Å². The van der Waals surface area contributed by atoms with E-state index in [0.717, 1.165) is 11.8 Å². The van der Waals surface area contributed by atoms with Crippen LogP contribution < -0.4 is 5.32 Å². The molecule has 134 valence electrons. The van der Waals surface area contributed by atoms with Crippen LogP contribution in [-0.2, 0) is 11.3 Å². The Morgan fingerprint density at radius 2 is 1.69 bits per heavy atom. The van der Waals surface area contributed by atoms with Crippen LogP contribution in [0.3, 0.4) is 0 Å². The van der Waals surface area contributed by atoms with Gasteiger partial charge in [-0.3, -0.25) is 9.59 Å². The summed E-state index contributed by atoms with van der Waals surface area (Å²) in [7, 11) is 0. The number of anilines is 1. The molecule has 1 aromatic heterocycles. The van der Waals surface area contributed by atoms with Gasteiger partial charge in [0.05, 0.1) is 5.56 Å². The summed E-state index contributed by atoms with van der Waals surface area (Å²) in [5, 5.41) is 2.89. The minimum Gasteiger partial charge on any atom is -0.337 e. The molecule has 0 aliphatic carbocycles. The lowest BCUT2D eigenvalue weighted by Gasteiger charge is -2.09. The highest BCUT2D eigenvalue weighted by atomic mass is 19.4.